The SMILES string of the molecule is Cc1ccccc1CC(=O)NC(C(=O)O)c1ccccc1. The van der Waals surface area contributed by atoms with Gasteiger partial charge in [0.25, 0.3) is 0 Å². The molecule has 0 radical (unpaired) electrons. The minimum absolute atomic E-state index is 0.170. The van der Waals surface area contributed by atoms with Gasteiger partial charge in [-0.25, -0.2) is 4.79 Å². The summed E-state index contributed by atoms with van der Waals surface area (Å²) < 4.78 is 0. The van der Waals surface area contributed by atoms with Crippen molar-refractivity contribution in [3.8, 4) is 0 Å². The molecular weight excluding hydrogens is 266 g/mol. The molecule has 0 aliphatic carbocycles. The highest BCUT2D eigenvalue weighted by atomic mass is 16.4. The predicted octanol–water partition coefficient (Wildman–Crippen LogP) is 2.48. The van der Waals surface area contributed by atoms with Crippen molar-refractivity contribution >= 4 is 11.9 Å². The fourth-order valence-electron chi connectivity index (χ4n) is 2.13. The minimum atomic E-state index is -1.07. The zero-order valence-corrected chi connectivity index (χ0v) is 11.7. The molecule has 0 aliphatic heterocycles. The molecule has 0 saturated heterocycles. The summed E-state index contributed by atoms with van der Waals surface area (Å²) in [5, 5.41) is 11.9. The van der Waals surface area contributed by atoms with E-state index >= 15 is 0 Å². The van der Waals surface area contributed by atoms with E-state index in [0.29, 0.717) is 5.56 Å². The minimum Gasteiger partial charge on any atom is -0.479 e. The average molecular weight is 283 g/mol. The second-order valence-electron chi connectivity index (χ2n) is 4.85. The van der Waals surface area contributed by atoms with Gasteiger partial charge in [0.2, 0.25) is 5.91 Å². The quantitative estimate of drug-likeness (QED) is 0.886. The number of carbonyl (C=O) groups excluding carboxylic acids is 1. The molecule has 2 aromatic carbocycles. The van der Waals surface area contributed by atoms with Crippen LogP contribution < -0.4 is 5.32 Å². The van der Waals surface area contributed by atoms with Crippen LogP contribution in [0.4, 0.5) is 0 Å². The Labute approximate surface area is 123 Å². The maximum atomic E-state index is 12.1. The third kappa shape index (κ3) is 3.92. The number of amides is 1. The lowest BCUT2D eigenvalue weighted by atomic mass is 10.0. The van der Waals surface area contributed by atoms with Crippen LogP contribution in [-0.2, 0) is 16.0 Å². The summed E-state index contributed by atoms with van der Waals surface area (Å²) in [5.41, 5.74) is 2.47. The summed E-state index contributed by atoms with van der Waals surface area (Å²) >= 11 is 0. The van der Waals surface area contributed by atoms with E-state index in [-0.39, 0.29) is 12.3 Å². The van der Waals surface area contributed by atoms with Gasteiger partial charge in [0.05, 0.1) is 6.42 Å². The molecule has 4 heteroatoms. The highest BCUT2D eigenvalue weighted by Gasteiger charge is 2.21. The van der Waals surface area contributed by atoms with Gasteiger partial charge in [-0.2, -0.15) is 0 Å². The summed E-state index contributed by atoms with van der Waals surface area (Å²) in [6.45, 7) is 1.93. The maximum absolute atomic E-state index is 12.1. The number of aryl methyl sites for hydroxylation is 1. The summed E-state index contributed by atoms with van der Waals surface area (Å²) in [6.07, 6.45) is 0.170. The molecule has 0 bridgehead atoms. The van der Waals surface area contributed by atoms with Crippen LogP contribution >= 0.6 is 0 Å². The molecule has 0 fully saturated rings. The van der Waals surface area contributed by atoms with E-state index in [4.69, 9.17) is 0 Å². The number of benzene rings is 2. The van der Waals surface area contributed by atoms with E-state index in [1.54, 1.807) is 30.3 Å². The van der Waals surface area contributed by atoms with Gasteiger partial charge in [-0.3, -0.25) is 4.79 Å². The molecule has 0 aromatic heterocycles. The molecule has 0 saturated carbocycles. The van der Waals surface area contributed by atoms with Crippen molar-refractivity contribution in [3.63, 3.8) is 0 Å². The first-order valence-corrected chi connectivity index (χ1v) is 6.69. The number of hydrogen-bond acceptors (Lipinski definition) is 2. The number of carboxylic acid groups (broad SMARTS) is 1. The number of carboxylic acids is 1. The van der Waals surface area contributed by atoms with Crippen LogP contribution in [0.2, 0.25) is 0 Å². The van der Waals surface area contributed by atoms with Crippen LogP contribution in [0.25, 0.3) is 0 Å². The molecule has 0 heterocycles. The van der Waals surface area contributed by atoms with E-state index < -0.39 is 12.0 Å². The Bertz CT molecular complexity index is 637. The first kappa shape index (κ1) is 14.8. The molecule has 1 atom stereocenters. The molecule has 0 aliphatic rings. The van der Waals surface area contributed by atoms with Crippen molar-refractivity contribution in [1.82, 2.24) is 5.32 Å². The summed E-state index contributed by atoms with van der Waals surface area (Å²) in [5.74, 6) is -1.38. The Morgan fingerprint density at radius 1 is 1.05 bits per heavy atom. The number of hydrogen-bond donors (Lipinski definition) is 2. The van der Waals surface area contributed by atoms with Gasteiger partial charge in [0, 0.05) is 0 Å². The monoisotopic (exact) mass is 283 g/mol. The zero-order valence-electron chi connectivity index (χ0n) is 11.7. The van der Waals surface area contributed by atoms with Crippen molar-refractivity contribution in [2.45, 2.75) is 19.4 Å². The summed E-state index contributed by atoms with van der Waals surface area (Å²) in [6, 6.07) is 15.2. The number of nitrogens with one attached hydrogen (secondary N) is 1. The second-order valence-corrected chi connectivity index (χ2v) is 4.85. The van der Waals surface area contributed by atoms with E-state index in [1.807, 2.05) is 31.2 Å². The highest BCUT2D eigenvalue weighted by molar-refractivity contribution is 5.85. The Kier molecular flexibility index (Phi) is 4.72. The largest absolute Gasteiger partial charge is 0.479 e. The van der Waals surface area contributed by atoms with Gasteiger partial charge in [-0.15, -0.1) is 0 Å². The Morgan fingerprint density at radius 2 is 1.67 bits per heavy atom. The van der Waals surface area contributed by atoms with Crippen molar-refractivity contribution in [3.05, 3.63) is 71.3 Å². The smallest absolute Gasteiger partial charge is 0.330 e. The van der Waals surface area contributed by atoms with E-state index in [1.165, 1.54) is 0 Å². The zero-order chi connectivity index (χ0) is 15.2. The molecule has 4 nitrogen and oxygen atoms in total. The first-order chi connectivity index (χ1) is 10.1. The molecule has 21 heavy (non-hydrogen) atoms. The molecule has 108 valence electrons. The normalized spacial score (nSPS) is 11.7. The van der Waals surface area contributed by atoms with Crippen molar-refractivity contribution < 1.29 is 14.7 Å². The van der Waals surface area contributed by atoms with Crippen LogP contribution in [0.3, 0.4) is 0 Å². The van der Waals surface area contributed by atoms with Crippen LogP contribution in [-0.4, -0.2) is 17.0 Å². The highest BCUT2D eigenvalue weighted by Crippen LogP contribution is 2.14. The summed E-state index contributed by atoms with van der Waals surface area (Å²) in [7, 11) is 0. The van der Waals surface area contributed by atoms with Crippen molar-refractivity contribution in [1.29, 1.82) is 0 Å². The average Bonchev–Trinajstić information content (AvgIpc) is 2.48. The summed E-state index contributed by atoms with van der Waals surface area (Å²) in [4.78, 5) is 23.4. The molecule has 2 rings (SSSR count). The molecule has 2 N–H and O–H groups in total. The van der Waals surface area contributed by atoms with Crippen LogP contribution in [0.15, 0.2) is 54.6 Å². The first-order valence-electron chi connectivity index (χ1n) is 6.69. The van der Waals surface area contributed by atoms with Gasteiger partial charge in [-0.05, 0) is 23.6 Å². The molecular formula is C17H17NO3. The molecule has 0 spiro atoms. The Balaban J connectivity index is 2.10. The topological polar surface area (TPSA) is 66.4 Å². The van der Waals surface area contributed by atoms with Crippen LogP contribution in [0.1, 0.15) is 22.7 Å². The van der Waals surface area contributed by atoms with Gasteiger partial charge in [0.1, 0.15) is 0 Å². The standard InChI is InChI=1S/C17H17NO3/c1-12-7-5-6-10-14(12)11-15(19)18-16(17(20)21)13-8-3-2-4-9-13/h2-10,16H,11H2,1H3,(H,18,19)(H,20,21). The molecule has 2 aromatic rings. The lowest BCUT2D eigenvalue weighted by Crippen LogP contribution is -2.34. The third-order valence-electron chi connectivity index (χ3n) is 3.30. The van der Waals surface area contributed by atoms with Crippen molar-refractivity contribution in [2.75, 3.05) is 0 Å². The third-order valence-corrected chi connectivity index (χ3v) is 3.30. The van der Waals surface area contributed by atoms with Crippen molar-refractivity contribution in [2.24, 2.45) is 0 Å². The van der Waals surface area contributed by atoms with Gasteiger partial charge >= 0.3 is 5.97 Å². The fraction of sp³-hybridized carbons (Fsp3) is 0.176. The molecule has 1 amide bonds. The second kappa shape index (κ2) is 6.70. The van der Waals surface area contributed by atoms with Crippen LogP contribution in [0.5, 0.6) is 0 Å². The number of aliphatic carboxylic acids is 1. The maximum Gasteiger partial charge on any atom is 0.330 e. The number of rotatable bonds is 5. The lowest BCUT2D eigenvalue weighted by Gasteiger charge is -2.15. The Hall–Kier alpha value is -2.62. The van der Waals surface area contributed by atoms with Crippen LogP contribution in [0, 0.1) is 6.92 Å². The molecule has 1 unspecified atom stereocenters. The van der Waals surface area contributed by atoms with E-state index in [9.17, 15) is 14.7 Å². The Morgan fingerprint density at radius 3 is 2.29 bits per heavy atom. The predicted molar refractivity (Wildman–Crippen MR) is 79.8 cm³/mol. The van der Waals surface area contributed by atoms with Gasteiger partial charge in [0.15, 0.2) is 6.04 Å². The van der Waals surface area contributed by atoms with E-state index in [2.05, 4.69) is 5.32 Å². The fourth-order valence-corrected chi connectivity index (χ4v) is 2.13. The van der Waals surface area contributed by atoms with E-state index in [0.717, 1.165) is 11.1 Å². The van der Waals surface area contributed by atoms with Gasteiger partial charge < -0.3 is 10.4 Å². The van der Waals surface area contributed by atoms with Gasteiger partial charge in [-0.1, -0.05) is 54.6 Å². The lowest BCUT2D eigenvalue weighted by molar-refractivity contribution is -0.141. The number of carbonyl (C=O) groups is 2.